The Labute approximate surface area is 101 Å². The molecular weight excluding hydrogens is 220 g/mol. The molecule has 1 aromatic carbocycles. The highest BCUT2D eigenvalue weighted by molar-refractivity contribution is 7.98. The molecule has 0 aliphatic carbocycles. The summed E-state index contributed by atoms with van der Waals surface area (Å²) in [6.07, 6.45) is 3.33. The molecule has 0 fully saturated rings. The largest absolute Gasteiger partial charge is 0.496 e. The predicted octanol–water partition coefficient (Wildman–Crippen LogP) is 3.54. The number of benzene rings is 1. The number of unbranched alkanes of at least 4 members (excludes halogenated alkanes) is 1. The lowest BCUT2D eigenvalue weighted by Gasteiger charge is -2.08. The van der Waals surface area contributed by atoms with E-state index in [-0.39, 0.29) is 0 Å². The average molecular weight is 238 g/mol. The van der Waals surface area contributed by atoms with E-state index in [1.807, 2.05) is 23.9 Å². The van der Waals surface area contributed by atoms with Crippen LogP contribution in [0.1, 0.15) is 35.7 Å². The van der Waals surface area contributed by atoms with Gasteiger partial charge >= 0.3 is 0 Å². The molecule has 0 bridgehead atoms. The Balaban J connectivity index is 2.64. The molecule has 0 aromatic heterocycles. The summed E-state index contributed by atoms with van der Waals surface area (Å²) >= 11 is 1.88. The minimum Gasteiger partial charge on any atom is -0.496 e. The maximum Gasteiger partial charge on any atom is 0.150 e. The number of rotatable bonds is 7. The van der Waals surface area contributed by atoms with E-state index < -0.39 is 0 Å². The summed E-state index contributed by atoms with van der Waals surface area (Å²) in [6, 6.07) is 5.55. The van der Waals surface area contributed by atoms with E-state index in [0.29, 0.717) is 5.56 Å². The third-order valence-electron chi connectivity index (χ3n) is 2.34. The van der Waals surface area contributed by atoms with Gasteiger partial charge in [0.1, 0.15) is 12.0 Å². The Morgan fingerprint density at radius 2 is 2.25 bits per heavy atom. The first kappa shape index (κ1) is 13.1. The fourth-order valence-corrected chi connectivity index (χ4v) is 2.50. The second kappa shape index (κ2) is 7.34. The van der Waals surface area contributed by atoms with Crippen molar-refractivity contribution in [3.8, 4) is 5.75 Å². The Hall–Kier alpha value is -0.960. The smallest absolute Gasteiger partial charge is 0.150 e. The summed E-state index contributed by atoms with van der Waals surface area (Å²) in [5, 5.41) is 0. The zero-order valence-corrected chi connectivity index (χ0v) is 10.7. The number of ether oxygens (including phenoxy) is 1. The molecule has 2 nitrogen and oxygen atoms in total. The first-order valence-corrected chi connectivity index (χ1v) is 6.67. The molecule has 0 radical (unpaired) electrons. The van der Waals surface area contributed by atoms with Crippen molar-refractivity contribution in [3.63, 3.8) is 0 Å². The molecule has 0 atom stereocenters. The van der Waals surface area contributed by atoms with Crippen molar-refractivity contribution in [2.24, 2.45) is 0 Å². The Bertz CT molecular complexity index is 337. The molecule has 0 aliphatic rings. The normalized spacial score (nSPS) is 10.1. The van der Waals surface area contributed by atoms with Crippen LogP contribution in [0.5, 0.6) is 5.75 Å². The van der Waals surface area contributed by atoms with Gasteiger partial charge in [-0.2, -0.15) is 11.8 Å². The van der Waals surface area contributed by atoms with Gasteiger partial charge in [0, 0.05) is 16.9 Å². The minimum atomic E-state index is 0.715. The van der Waals surface area contributed by atoms with Crippen LogP contribution in [-0.2, 0) is 5.75 Å². The molecular formula is C13H18O2S. The van der Waals surface area contributed by atoms with E-state index in [0.717, 1.165) is 29.1 Å². The maximum atomic E-state index is 10.7. The van der Waals surface area contributed by atoms with E-state index >= 15 is 0 Å². The molecule has 88 valence electrons. The molecule has 0 saturated heterocycles. The second-order valence-corrected chi connectivity index (χ2v) is 4.70. The fraction of sp³-hybridized carbons (Fsp3) is 0.462. The van der Waals surface area contributed by atoms with Gasteiger partial charge in [0.05, 0.1) is 7.11 Å². The summed E-state index contributed by atoms with van der Waals surface area (Å²) in [5.41, 5.74) is 1.82. The van der Waals surface area contributed by atoms with Gasteiger partial charge in [-0.15, -0.1) is 0 Å². The van der Waals surface area contributed by atoms with Crippen molar-refractivity contribution >= 4 is 18.0 Å². The first-order chi connectivity index (χ1) is 7.81. The number of aldehydes is 1. The minimum absolute atomic E-state index is 0.715. The number of hydrogen-bond donors (Lipinski definition) is 0. The van der Waals surface area contributed by atoms with Crippen molar-refractivity contribution in [3.05, 3.63) is 29.3 Å². The van der Waals surface area contributed by atoms with Crippen LogP contribution in [0.2, 0.25) is 0 Å². The van der Waals surface area contributed by atoms with Crippen molar-refractivity contribution in [2.45, 2.75) is 25.5 Å². The number of carbonyl (C=O) groups is 1. The summed E-state index contributed by atoms with van der Waals surface area (Å²) in [7, 11) is 1.66. The zero-order chi connectivity index (χ0) is 11.8. The molecule has 0 N–H and O–H groups in total. The molecule has 0 heterocycles. The molecule has 0 aliphatic heterocycles. The number of carbonyl (C=O) groups excluding carboxylic acids is 1. The lowest BCUT2D eigenvalue weighted by atomic mass is 10.1. The Morgan fingerprint density at radius 3 is 2.88 bits per heavy atom. The highest BCUT2D eigenvalue weighted by Crippen LogP contribution is 2.24. The zero-order valence-electron chi connectivity index (χ0n) is 9.86. The van der Waals surface area contributed by atoms with Gasteiger partial charge in [-0.05, 0) is 30.4 Å². The quantitative estimate of drug-likeness (QED) is 0.537. The number of hydrogen-bond acceptors (Lipinski definition) is 3. The van der Waals surface area contributed by atoms with Gasteiger partial charge in [-0.25, -0.2) is 0 Å². The molecule has 1 aromatic rings. The molecule has 3 heteroatoms. The van der Waals surface area contributed by atoms with E-state index in [9.17, 15) is 4.79 Å². The standard InChI is InChI=1S/C13H18O2S/c1-3-4-7-16-10-12-8-11(9-14)5-6-13(12)15-2/h5-6,8-9H,3-4,7,10H2,1-2H3. The number of methoxy groups -OCH3 is 1. The van der Waals surface area contributed by atoms with Crippen molar-refractivity contribution in [1.29, 1.82) is 0 Å². The third kappa shape index (κ3) is 3.89. The summed E-state index contributed by atoms with van der Waals surface area (Å²) in [6.45, 7) is 2.19. The second-order valence-electron chi connectivity index (χ2n) is 3.60. The van der Waals surface area contributed by atoms with Crippen molar-refractivity contribution in [1.82, 2.24) is 0 Å². The van der Waals surface area contributed by atoms with Crippen LogP contribution in [0.25, 0.3) is 0 Å². The highest BCUT2D eigenvalue weighted by Gasteiger charge is 2.04. The van der Waals surface area contributed by atoms with Crippen LogP contribution in [0, 0.1) is 0 Å². The molecule has 0 spiro atoms. The topological polar surface area (TPSA) is 26.3 Å². The lowest BCUT2D eigenvalue weighted by molar-refractivity contribution is 0.112. The molecule has 0 saturated carbocycles. The van der Waals surface area contributed by atoms with Gasteiger partial charge in [-0.1, -0.05) is 13.3 Å². The van der Waals surface area contributed by atoms with Crippen LogP contribution in [-0.4, -0.2) is 19.1 Å². The first-order valence-electron chi connectivity index (χ1n) is 5.51. The fourth-order valence-electron chi connectivity index (χ4n) is 1.41. The highest BCUT2D eigenvalue weighted by atomic mass is 32.2. The molecule has 1 rings (SSSR count). The lowest BCUT2D eigenvalue weighted by Crippen LogP contribution is -1.93. The maximum absolute atomic E-state index is 10.7. The van der Waals surface area contributed by atoms with Gasteiger partial charge in [0.25, 0.3) is 0 Å². The van der Waals surface area contributed by atoms with Crippen LogP contribution in [0.15, 0.2) is 18.2 Å². The number of thioether (sulfide) groups is 1. The molecule has 16 heavy (non-hydrogen) atoms. The van der Waals surface area contributed by atoms with Crippen LogP contribution in [0.4, 0.5) is 0 Å². The van der Waals surface area contributed by atoms with E-state index in [4.69, 9.17) is 4.74 Å². The van der Waals surface area contributed by atoms with Gasteiger partial charge < -0.3 is 4.74 Å². The molecule has 0 unspecified atom stereocenters. The summed E-state index contributed by atoms with van der Waals surface area (Å²) < 4.78 is 5.27. The van der Waals surface area contributed by atoms with Gasteiger partial charge in [0.15, 0.2) is 0 Å². The van der Waals surface area contributed by atoms with E-state index in [1.54, 1.807) is 13.2 Å². The van der Waals surface area contributed by atoms with E-state index in [1.165, 1.54) is 12.8 Å². The summed E-state index contributed by atoms with van der Waals surface area (Å²) in [5.74, 6) is 2.94. The monoisotopic (exact) mass is 238 g/mol. The van der Waals surface area contributed by atoms with Crippen molar-refractivity contribution in [2.75, 3.05) is 12.9 Å². The molecule has 0 amide bonds. The van der Waals surface area contributed by atoms with Crippen LogP contribution >= 0.6 is 11.8 Å². The van der Waals surface area contributed by atoms with Crippen LogP contribution in [0.3, 0.4) is 0 Å². The average Bonchev–Trinajstić information content (AvgIpc) is 2.34. The Morgan fingerprint density at radius 1 is 1.44 bits per heavy atom. The van der Waals surface area contributed by atoms with Crippen molar-refractivity contribution < 1.29 is 9.53 Å². The third-order valence-corrected chi connectivity index (χ3v) is 3.43. The van der Waals surface area contributed by atoms with E-state index in [2.05, 4.69) is 6.92 Å². The van der Waals surface area contributed by atoms with Gasteiger partial charge in [-0.3, -0.25) is 4.79 Å². The Kier molecular flexibility index (Phi) is 6.01. The predicted molar refractivity (Wildman–Crippen MR) is 69.5 cm³/mol. The van der Waals surface area contributed by atoms with Gasteiger partial charge in [0.2, 0.25) is 0 Å². The summed E-state index contributed by atoms with van der Waals surface area (Å²) in [4.78, 5) is 10.7. The SMILES string of the molecule is CCCCSCc1cc(C=O)ccc1OC. The van der Waals surface area contributed by atoms with Crippen LogP contribution < -0.4 is 4.74 Å².